The monoisotopic (exact) mass is 503 g/mol. The van der Waals surface area contributed by atoms with Crippen LogP contribution in [-0.4, -0.2) is 46.5 Å². The zero-order chi connectivity index (χ0) is 24.1. The quantitative estimate of drug-likeness (QED) is 0.296. The maximum atomic E-state index is 12.3. The molecular formula is C22H22ClN5O5S. The average Bonchev–Trinajstić information content (AvgIpc) is 3.50. The molecule has 0 aliphatic carbocycles. The smallest absolute Gasteiger partial charge is 0.261 e. The number of carbonyl (C=O) groups is 1. The number of halogens is 1. The maximum Gasteiger partial charge on any atom is 0.261 e. The van der Waals surface area contributed by atoms with Crippen molar-refractivity contribution in [2.45, 2.75) is 6.10 Å². The van der Waals surface area contributed by atoms with E-state index in [1.807, 2.05) is 0 Å². The number of carbonyl (C=O) groups excluding carboxylic acids is 1. The summed E-state index contributed by atoms with van der Waals surface area (Å²) in [5, 5.41) is 23.3. The standard InChI is InChI=1S/C22H22ClN5O5S/c23-20-7-6-19(34-20)22(32)24-10-14-11-28(26-25-14)17-5-4-15(27-8-2-1-3-21(27)31)9-18(17)33-13-16(30)12-29/h1-9,11,16,25-26,29-30H,10,12-13H2,(H,24,32). The van der Waals surface area contributed by atoms with E-state index in [0.29, 0.717) is 32.0 Å². The third kappa shape index (κ3) is 5.58. The van der Waals surface area contributed by atoms with E-state index in [1.54, 1.807) is 59.9 Å². The van der Waals surface area contributed by atoms with Crippen LogP contribution in [0.5, 0.6) is 5.75 Å². The van der Waals surface area contributed by atoms with Gasteiger partial charge in [-0.3, -0.25) is 19.2 Å². The molecule has 2 aromatic heterocycles. The van der Waals surface area contributed by atoms with Crippen molar-refractivity contribution in [3.05, 3.63) is 86.2 Å². The number of hydrogen-bond donors (Lipinski definition) is 5. The van der Waals surface area contributed by atoms with Crippen molar-refractivity contribution in [3.63, 3.8) is 0 Å². The molecule has 34 heavy (non-hydrogen) atoms. The Morgan fingerprint density at radius 1 is 1.24 bits per heavy atom. The first kappa shape index (κ1) is 23.8. The van der Waals surface area contributed by atoms with Gasteiger partial charge in [-0.1, -0.05) is 17.7 Å². The van der Waals surface area contributed by atoms with Crippen LogP contribution in [0.25, 0.3) is 5.69 Å². The van der Waals surface area contributed by atoms with E-state index in [-0.39, 0.29) is 24.6 Å². The fraction of sp³-hybridized carbons (Fsp3) is 0.182. The summed E-state index contributed by atoms with van der Waals surface area (Å²) in [5.41, 5.74) is 7.57. The highest BCUT2D eigenvalue weighted by atomic mass is 35.5. The van der Waals surface area contributed by atoms with Crippen LogP contribution in [0, 0.1) is 0 Å². The molecule has 4 rings (SSSR count). The molecule has 1 atom stereocenters. The zero-order valence-electron chi connectivity index (χ0n) is 17.8. The van der Waals surface area contributed by atoms with Crippen LogP contribution in [0.15, 0.2) is 71.4 Å². The number of aliphatic hydroxyl groups is 2. The number of nitrogens with one attached hydrogen (secondary N) is 3. The number of nitrogens with zero attached hydrogens (tertiary/aromatic N) is 2. The minimum absolute atomic E-state index is 0.145. The van der Waals surface area contributed by atoms with E-state index in [9.17, 15) is 14.7 Å². The first-order chi connectivity index (χ1) is 16.4. The molecule has 0 saturated carbocycles. The van der Waals surface area contributed by atoms with Crippen molar-refractivity contribution < 1.29 is 19.7 Å². The van der Waals surface area contributed by atoms with Crippen molar-refractivity contribution in [2.24, 2.45) is 0 Å². The molecule has 178 valence electrons. The summed E-state index contributed by atoms with van der Waals surface area (Å²) >= 11 is 7.08. The Bertz CT molecular complexity index is 1260. The molecule has 1 aliphatic heterocycles. The van der Waals surface area contributed by atoms with Crippen LogP contribution >= 0.6 is 22.9 Å². The van der Waals surface area contributed by atoms with E-state index in [1.165, 1.54) is 22.0 Å². The first-order valence-electron chi connectivity index (χ1n) is 10.2. The van der Waals surface area contributed by atoms with Gasteiger partial charge >= 0.3 is 0 Å². The van der Waals surface area contributed by atoms with Gasteiger partial charge in [0.1, 0.15) is 24.1 Å². The van der Waals surface area contributed by atoms with Gasteiger partial charge in [-0.05, 0) is 30.3 Å². The number of thiophene rings is 1. The number of pyridine rings is 1. The number of benzene rings is 1. The number of aromatic nitrogens is 1. The van der Waals surface area contributed by atoms with Gasteiger partial charge in [-0.15, -0.1) is 16.9 Å². The molecule has 0 bridgehead atoms. The van der Waals surface area contributed by atoms with E-state index in [4.69, 9.17) is 21.4 Å². The van der Waals surface area contributed by atoms with E-state index >= 15 is 0 Å². The zero-order valence-corrected chi connectivity index (χ0v) is 19.3. The van der Waals surface area contributed by atoms with Crippen molar-refractivity contribution in [1.82, 2.24) is 20.8 Å². The van der Waals surface area contributed by atoms with Gasteiger partial charge in [0.05, 0.1) is 33.7 Å². The number of amides is 1. The minimum atomic E-state index is -1.06. The summed E-state index contributed by atoms with van der Waals surface area (Å²) < 4.78 is 7.75. The summed E-state index contributed by atoms with van der Waals surface area (Å²) in [6, 6.07) is 13.3. The fourth-order valence-corrected chi connectivity index (χ4v) is 4.08. The number of hydrogen-bond acceptors (Lipinski definition) is 9. The predicted octanol–water partition coefficient (Wildman–Crippen LogP) is 1.39. The number of rotatable bonds is 9. The van der Waals surface area contributed by atoms with Crippen LogP contribution in [0.2, 0.25) is 4.34 Å². The Balaban J connectivity index is 1.53. The van der Waals surface area contributed by atoms with Gasteiger partial charge in [0.25, 0.3) is 11.5 Å². The first-order valence-corrected chi connectivity index (χ1v) is 11.4. The van der Waals surface area contributed by atoms with Crippen LogP contribution < -0.4 is 31.6 Å². The van der Waals surface area contributed by atoms with Crippen molar-refractivity contribution >= 4 is 34.5 Å². The number of anilines is 1. The number of hydrazine groups is 2. The molecule has 1 unspecified atom stereocenters. The molecule has 0 radical (unpaired) electrons. The van der Waals surface area contributed by atoms with Gasteiger partial charge in [-0.25, -0.2) is 0 Å². The third-order valence-corrected chi connectivity index (χ3v) is 6.03. The third-order valence-electron chi connectivity index (χ3n) is 4.80. The van der Waals surface area contributed by atoms with Crippen LogP contribution in [0.4, 0.5) is 5.69 Å². The Morgan fingerprint density at radius 3 is 2.82 bits per heavy atom. The molecule has 1 aliphatic rings. The Kier molecular flexibility index (Phi) is 7.50. The van der Waals surface area contributed by atoms with Crippen LogP contribution in [-0.2, 0) is 0 Å². The summed E-state index contributed by atoms with van der Waals surface area (Å²) in [7, 11) is 0. The molecule has 5 N–H and O–H groups in total. The lowest BCUT2D eigenvalue weighted by molar-refractivity contribution is 0.0537. The van der Waals surface area contributed by atoms with E-state index < -0.39 is 12.7 Å². The van der Waals surface area contributed by atoms with Crippen molar-refractivity contribution in [3.8, 4) is 11.4 Å². The Morgan fingerprint density at radius 2 is 2.09 bits per heavy atom. The van der Waals surface area contributed by atoms with Gasteiger partial charge in [0.2, 0.25) is 0 Å². The predicted molar refractivity (Wildman–Crippen MR) is 129 cm³/mol. The molecule has 1 aromatic carbocycles. The summed E-state index contributed by atoms with van der Waals surface area (Å²) in [5.74, 6) is 0.127. The number of aliphatic hydroxyl groups excluding tert-OH is 2. The van der Waals surface area contributed by atoms with Crippen LogP contribution in [0.3, 0.4) is 0 Å². The largest absolute Gasteiger partial charge is 0.488 e. The molecular weight excluding hydrogens is 482 g/mol. The summed E-state index contributed by atoms with van der Waals surface area (Å²) in [6.45, 7) is -0.363. The molecule has 0 saturated heterocycles. The molecule has 0 spiro atoms. The van der Waals surface area contributed by atoms with E-state index in [0.717, 1.165) is 0 Å². The lowest BCUT2D eigenvalue weighted by Crippen LogP contribution is -2.38. The Labute approximate surface area is 203 Å². The fourth-order valence-electron chi connectivity index (χ4n) is 3.12. The topological polar surface area (TPSA) is 128 Å². The maximum absolute atomic E-state index is 12.3. The molecule has 3 aromatic rings. The van der Waals surface area contributed by atoms with Gasteiger partial charge < -0.3 is 25.7 Å². The highest BCUT2D eigenvalue weighted by molar-refractivity contribution is 7.18. The second-order valence-electron chi connectivity index (χ2n) is 7.26. The molecule has 1 amide bonds. The second-order valence-corrected chi connectivity index (χ2v) is 8.97. The average molecular weight is 504 g/mol. The molecule has 10 nitrogen and oxygen atoms in total. The molecule has 12 heteroatoms. The lowest BCUT2D eigenvalue weighted by Gasteiger charge is -2.21. The highest BCUT2D eigenvalue weighted by Crippen LogP contribution is 2.31. The Hall–Kier alpha value is -3.35. The van der Waals surface area contributed by atoms with Gasteiger partial charge in [0, 0.05) is 24.5 Å². The molecule has 0 fully saturated rings. The second kappa shape index (κ2) is 10.7. The van der Waals surface area contributed by atoms with E-state index in [2.05, 4.69) is 16.3 Å². The SMILES string of the molecule is O=C(NCC1=CN(c2ccc(-n3ccccc3=O)cc2OCC(O)CO)NN1)c1ccc(Cl)s1. The van der Waals surface area contributed by atoms with Gasteiger partial charge in [-0.2, -0.15) is 0 Å². The van der Waals surface area contributed by atoms with Crippen LogP contribution in [0.1, 0.15) is 9.67 Å². The number of ether oxygens (including phenoxy) is 1. The minimum Gasteiger partial charge on any atom is -0.488 e. The lowest BCUT2D eigenvalue weighted by atomic mass is 10.2. The highest BCUT2D eigenvalue weighted by Gasteiger charge is 2.19. The van der Waals surface area contributed by atoms with Gasteiger partial charge in [0.15, 0.2) is 0 Å². The van der Waals surface area contributed by atoms with Crippen molar-refractivity contribution in [2.75, 3.05) is 24.8 Å². The molecule has 3 heterocycles. The summed E-state index contributed by atoms with van der Waals surface area (Å²) in [6.07, 6.45) is 2.31. The normalized spacial score (nSPS) is 13.9. The summed E-state index contributed by atoms with van der Waals surface area (Å²) in [4.78, 5) is 25.0. The van der Waals surface area contributed by atoms with Crippen molar-refractivity contribution in [1.29, 1.82) is 0 Å².